The zero-order valence-corrected chi connectivity index (χ0v) is 15.5. The van der Waals surface area contributed by atoms with Crippen LogP contribution in [0.5, 0.6) is 0 Å². The summed E-state index contributed by atoms with van der Waals surface area (Å²) in [5, 5.41) is 12.1. The van der Waals surface area contributed by atoms with Gasteiger partial charge in [0.05, 0.1) is 5.69 Å². The number of para-hydroxylation sites is 1. The number of carbonyl (C=O) groups is 1. The molecule has 1 amide bonds. The first kappa shape index (κ1) is 16.6. The van der Waals surface area contributed by atoms with E-state index in [2.05, 4.69) is 18.0 Å². The molecule has 0 spiro atoms. The molecule has 3 heterocycles. The number of thiophene rings is 1. The summed E-state index contributed by atoms with van der Waals surface area (Å²) in [4.78, 5) is 17.6. The Bertz CT molecular complexity index is 760. The molecule has 25 heavy (non-hydrogen) atoms. The number of piperidine rings is 1. The predicted octanol–water partition coefficient (Wildman–Crippen LogP) is 4.83. The normalized spacial score (nSPS) is 25.9. The van der Waals surface area contributed by atoms with Crippen molar-refractivity contribution in [3.8, 4) is 10.4 Å². The minimum atomic E-state index is -0.832. The maximum atomic E-state index is 12.3. The van der Waals surface area contributed by atoms with E-state index in [1.807, 2.05) is 36.6 Å². The van der Waals surface area contributed by atoms with E-state index in [1.54, 1.807) is 16.2 Å². The second kappa shape index (κ2) is 6.46. The average molecular weight is 356 g/mol. The molecule has 0 aliphatic carbocycles. The average Bonchev–Trinajstić information content (AvgIpc) is 3.16. The van der Waals surface area contributed by atoms with Crippen LogP contribution in [-0.2, 0) is 0 Å². The van der Waals surface area contributed by atoms with Crippen LogP contribution in [0.1, 0.15) is 31.2 Å². The number of aryl methyl sites for hydroxylation is 1. The van der Waals surface area contributed by atoms with E-state index in [-0.39, 0.29) is 6.04 Å². The van der Waals surface area contributed by atoms with Crippen molar-refractivity contribution >= 4 is 23.1 Å². The molecular formula is C20H24N2O2S. The van der Waals surface area contributed by atoms with Crippen molar-refractivity contribution in [3.63, 3.8) is 0 Å². The van der Waals surface area contributed by atoms with Gasteiger partial charge in [0.2, 0.25) is 0 Å². The quantitative estimate of drug-likeness (QED) is 0.856. The van der Waals surface area contributed by atoms with Crippen LogP contribution in [0, 0.1) is 6.92 Å². The third kappa shape index (κ3) is 2.85. The summed E-state index contributed by atoms with van der Waals surface area (Å²) in [6.07, 6.45) is 3.41. The van der Waals surface area contributed by atoms with Gasteiger partial charge in [0.15, 0.2) is 0 Å². The van der Waals surface area contributed by atoms with Gasteiger partial charge < -0.3 is 10.0 Å². The summed E-state index contributed by atoms with van der Waals surface area (Å²) >= 11 is 1.66. The molecule has 2 atom stereocenters. The molecule has 2 bridgehead atoms. The maximum Gasteiger partial charge on any atom is 0.412 e. The first-order chi connectivity index (χ1) is 12.1. The van der Waals surface area contributed by atoms with Crippen molar-refractivity contribution in [1.29, 1.82) is 0 Å². The molecule has 2 aliphatic heterocycles. The molecule has 0 radical (unpaired) electrons. The Morgan fingerprint density at radius 3 is 2.52 bits per heavy atom. The molecule has 4 rings (SSSR count). The highest BCUT2D eigenvalue weighted by Crippen LogP contribution is 2.42. The van der Waals surface area contributed by atoms with E-state index in [4.69, 9.17) is 0 Å². The van der Waals surface area contributed by atoms with Crippen LogP contribution in [0.25, 0.3) is 10.4 Å². The van der Waals surface area contributed by atoms with Gasteiger partial charge >= 0.3 is 6.09 Å². The predicted molar refractivity (Wildman–Crippen MR) is 103 cm³/mol. The number of hydrogen-bond acceptors (Lipinski definition) is 3. The highest BCUT2D eigenvalue weighted by Gasteiger charge is 2.42. The van der Waals surface area contributed by atoms with Gasteiger partial charge in [-0.2, -0.15) is 0 Å². The lowest BCUT2D eigenvalue weighted by Crippen LogP contribution is -2.51. The molecule has 1 aromatic heterocycles. The van der Waals surface area contributed by atoms with Crippen molar-refractivity contribution in [2.75, 3.05) is 11.9 Å². The summed E-state index contributed by atoms with van der Waals surface area (Å²) in [6.45, 7) is 2.02. The SMILES string of the molecule is Cc1cccc(-c2cccs2)c1N(C(=O)O)C1CC2CCC(C1)N2C. The maximum absolute atomic E-state index is 12.3. The van der Waals surface area contributed by atoms with Crippen molar-refractivity contribution in [2.24, 2.45) is 0 Å². The van der Waals surface area contributed by atoms with Crippen LogP contribution in [0.2, 0.25) is 0 Å². The molecule has 2 aromatic rings. The molecule has 132 valence electrons. The van der Waals surface area contributed by atoms with Crippen LogP contribution >= 0.6 is 11.3 Å². The third-order valence-electron chi connectivity index (χ3n) is 5.91. The topological polar surface area (TPSA) is 43.8 Å². The number of rotatable bonds is 3. The number of benzene rings is 1. The fourth-order valence-corrected chi connectivity index (χ4v) is 5.39. The van der Waals surface area contributed by atoms with Crippen LogP contribution < -0.4 is 4.90 Å². The third-order valence-corrected chi connectivity index (χ3v) is 6.81. The van der Waals surface area contributed by atoms with Gasteiger partial charge in [0.1, 0.15) is 0 Å². The fraction of sp³-hybridized carbons (Fsp3) is 0.450. The van der Waals surface area contributed by atoms with E-state index in [1.165, 1.54) is 12.8 Å². The molecule has 2 aliphatic rings. The lowest BCUT2D eigenvalue weighted by atomic mass is 9.94. The summed E-state index contributed by atoms with van der Waals surface area (Å²) in [6, 6.07) is 11.3. The lowest BCUT2D eigenvalue weighted by molar-refractivity contribution is 0.151. The molecule has 5 heteroatoms. The van der Waals surface area contributed by atoms with Crippen molar-refractivity contribution < 1.29 is 9.90 Å². The molecule has 2 fully saturated rings. The van der Waals surface area contributed by atoms with Gasteiger partial charge in [-0.1, -0.05) is 24.3 Å². The summed E-state index contributed by atoms with van der Waals surface area (Å²) < 4.78 is 0. The van der Waals surface area contributed by atoms with Crippen LogP contribution in [0.3, 0.4) is 0 Å². The van der Waals surface area contributed by atoms with Gasteiger partial charge in [0.25, 0.3) is 0 Å². The molecule has 2 saturated heterocycles. The van der Waals surface area contributed by atoms with Crippen molar-refractivity contribution in [3.05, 3.63) is 41.3 Å². The second-order valence-corrected chi connectivity index (χ2v) is 8.22. The Morgan fingerprint density at radius 2 is 1.92 bits per heavy atom. The fourth-order valence-electron chi connectivity index (χ4n) is 4.64. The minimum Gasteiger partial charge on any atom is -0.465 e. The monoisotopic (exact) mass is 356 g/mol. The van der Waals surface area contributed by atoms with Gasteiger partial charge in [-0.05, 0) is 56.7 Å². The molecule has 0 saturated carbocycles. The second-order valence-electron chi connectivity index (χ2n) is 7.28. The molecule has 1 aromatic carbocycles. The van der Waals surface area contributed by atoms with E-state index in [0.717, 1.165) is 34.5 Å². The highest BCUT2D eigenvalue weighted by molar-refractivity contribution is 7.13. The van der Waals surface area contributed by atoms with Gasteiger partial charge in [-0.15, -0.1) is 11.3 Å². The number of amides is 1. The Labute approximate surface area is 152 Å². The summed E-state index contributed by atoms with van der Waals surface area (Å²) in [7, 11) is 2.19. The zero-order chi connectivity index (χ0) is 17.6. The smallest absolute Gasteiger partial charge is 0.412 e. The number of fused-ring (bicyclic) bond motifs is 2. The van der Waals surface area contributed by atoms with Crippen LogP contribution in [0.15, 0.2) is 35.7 Å². The standard InChI is InChI=1S/C20H24N2O2S/c1-13-5-3-6-17(18-7-4-10-25-18)19(13)22(20(23)24)16-11-14-8-9-15(12-16)21(14)2/h3-7,10,14-16H,8-9,11-12H2,1-2H3,(H,23,24). The summed E-state index contributed by atoms with van der Waals surface area (Å²) in [5.74, 6) is 0. The molecule has 4 nitrogen and oxygen atoms in total. The number of nitrogens with zero attached hydrogens (tertiary/aromatic N) is 2. The number of hydrogen-bond donors (Lipinski definition) is 1. The Hall–Kier alpha value is -1.85. The van der Waals surface area contributed by atoms with E-state index < -0.39 is 6.09 Å². The van der Waals surface area contributed by atoms with Crippen LogP contribution in [-0.4, -0.2) is 41.3 Å². The Balaban J connectivity index is 1.77. The Kier molecular flexibility index (Phi) is 4.29. The lowest BCUT2D eigenvalue weighted by Gasteiger charge is -2.41. The highest BCUT2D eigenvalue weighted by atomic mass is 32.1. The largest absolute Gasteiger partial charge is 0.465 e. The molecule has 2 unspecified atom stereocenters. The number of carboxylic acid groups (broad SMARTS) is 1. The summed E-state index contributed by atoms with van der Waals surface area (Å²) in [5.41, 5.74) is 2.93. The van der Waals surface area contributed by atoms with Gasteiger partial charge in [0, 0.05) is 28.6 Å². The first-order valence-electron chi connectivity index (χ1n) is 8.94. The van der Waals surface area contributed by atoms with E-state index in [9.17, 15) is 9.90 Å². The zero-order valence-electron chi connectivity index (χ0n) is 14.7. The van der Waals surface area contributed by atoms with Gasteiger partial charge in [-0.3, -0.25) is 4.90 Å². The van der Waals surface area contributed by atoms with Gasteiger partial charge in [-0.25, -0.2) is 4.79 Å². The van der Waals surface area contributed by atoms with E-state index >= 15 is 0 Å². The van der Waals surface area contributed by atoms with Crippen molar-refractivity contribution in [1.82, 2.24) is 4.90 Å². The molecular weight excluding hydrogens is 332 g/mol. The Morgan fingerprint density at radius 1 is 1.20 bits per heavy atom. The first-order valence-corrected chi connectivity index (χ1v) is 9.82. The van der Waals surface area contributed by atoms with Crippen LogP contribution in [0.4, 0.5) is 10.5 Å². The molecule has 1 N–H and O–H groups in total. The number of anilines is 1. The van der Waals surface area contributed by atoms with Crippen molar-refractivity contribution in [2.45, 2.75) is 50.7 Å². The van der Waals surface area contributed by atoms with E-state index in [0.29, 0.717) is 12.1 Å². The minimum absolute atomic E-state index is 0.0611.